The monoisotopic (exact) mass is 523 g/mol. The zero-order valence-electron chi connectivity index (χ0n) is 20.8. The predicted molar refractivity (Wildman–Crippen MR) is 139 cm³/mol. The number of amides is 2. The average molecular weight is 524 g/mol. The van der Waals surface area contributed by atoms with Crippen LogP contribution in [0.3, 0.4) is 0 Å². The van der Waals surface area contributed by atoms with Gasteiger partial charge in [-0.05, 0) is 49.6 Å². The molecular weight excluding hydrogens is 490 g/mol. The Kier molecular flexibility index (Phi) is 10.4. The van der Waals surface area contributed by atoms with Gasteiger partial charge in [0.05, 0.1) is 24.1 Å². The molecule has 2 rings (SSSR count). The number of hydrogen-bond donors (Lipinski definition) is 1. The highest BCUT2D eigenvalue weighted by molar-refractivity contribution is 7.92. The number of para-hydroxylation sites is 1. The van der Waals surface area contributed by atoms with Gasteiger partial charge in [0.25, 0.3) is 0 Å². The van der Waals surface area contributed by atoms with E-state index < -0.39 is 28.5 Å². The molecule has 2 aromatic carbocycles. The number of nitrogens with zero attached hydrogens (tertiary/aromatic N) is 2. The van der Waals surface area contributed by atoms with Gasteiger partial charge < -0.3 is 15.0 Å². The number of anilines is 1. The lowest BCUT2D eigenvalue weighted by atomic mass is 10.1. The summed E-state index contributed by atoms with van der Waals surface area (Å²) >= 11 is 6.25. The topological polar surface area (TPSA) is 96.0 Å². The lowest BCUT2D eigenvalue weighted by Gasteiger charge is -2.33. The molecule has 0 radical (unpaired) electrons. The van der Waals surface area contributed by atoms with Crippen molar-refractivity contribution in [3.8, 4) is 5.75 Å². The SMILES string of the molecule is CCC(C)NC(=O)C(CC)N(Cc1ccc(OC)cc1)C(=O)CN(c1ccccc1Cl)S(C)(=O)=O. The van der Waals surface area contributed by atoms with Crippen LogP contribution in [0, 0.1) is 0 Å². The van der Waals surface area contributed by atoms with Gasteiger partial charge in [0.15, 0.2) is 0 Å². The normalized spacial score (nSPS) is 13.0. The molecule has 2 aromatic rings. The van der Waals surface area contributed by atoms with Gasteiger partial charge in [-0.2, -0.15) is 0 Å². The quantitative estimate of drug-likeness (QED) is 0.456. The third-order valence-corrected chi connectivity index (χ3v) is 7.15. The number of rotatable bonds is 12. The van der Waals surface area contributed by atoms with Gasteiger partial charge in [-0.15, -0.1) is 0 Å². The molecule has 0 saturated carbocycles. The average Bonchev–Trinajstić information content (AvgIpc) is 2.82. The van der Waals surface area contributed by atoms with Gasteiger partial charge in [0, 0.05) is 12.6 Å². The maximum Gasteiger partial charge on any atom is 0.244 e. The Morgan fingerprint density at radius 1 is 1.06 bits per heavy atom. The fourth-order valence-corrected chi connectivity index (χ4v) is 4.69. The summed E-state index contributed by atoms with van der Waals surface area (Å²) in [7, 11) is -2.28. The zero-order chi connectivity index (χ0) is 26.2. The Morgan fingerprint density at radius 3 is 2.20 bits per heavy atom. The number of sulfonamides is 1. The lowest BCUT2D eigenvalue weighted by Crippen LogP contribution is -2.53. The molecule has 8 nitrogen and oxygen atoms in total. The van der Waals surface area contributed by atoms with E-state index in [0.717, 1.165) is 22.5 Å². The van der Waals surface area contributed by atoms with E-state index in [1.807, 2.05) is 20.8 Å². The molecule has 0 bridgehead atoms. The van der Waals surface area contributed by atoms with Crippen molar-refractivity contribution in [2.24, 2.45) is 0 Å². The third kappa shape index (κ3) is 7.86. The van der Waals surface area contributed by atoms with E-state index in [2.05, 4.69) is 5.32 Å². The molecule has 2 atom stereocenters. The summed E-state index contributed by atoms with van der Waals surface area (Å²) in [5.41, 5.74) is 0.976. The predicted octanol–water partition coefficient (Wildman–Crippen LogP) is 3.84. The first-order valence-corrected chi connectivity index (χ1v) is 13.7. The molecule has 10 heteroatoms. The summed E-state index contributed by atoms with van der Waals surface area (Å²) in [6, 6.07) is 12.7. The van der Waals surface area contributed by atoms with Crippen LogP contribution in [-0.4, -0.2) is 57.1 Å². The summed E-state index contributed by atoms with van der Waals surface area (Å²) in [5.74, 6) is -0.139. The Morgan fingerprint density at radius 2 is 1.69 bits per heavy atom. The highest BCUT2D eigenvalue weighted by Crippen LogP contribution is 2.27. The minimum Gasteiger partial charge on any atom is -0.497 e. The summed E-state index contributed by atoms with van der Waals surface area (Å²) < 4.78 is 31.4. The minimum atomic E-state index is -3.84. The van der Waals surface area contributed by atoms with Crippen LogP contribution >= 0.6 is 11.6 Å². The van der Waals surface area contributed by atoms with Crippen molar-refractivity contribution in [1.29, 1.82) is 0 Å². The molecule has 0 aliphatic heterocycles. The van der Waals surface area contributed by atoms with Crippen molar-refractivity contribution in [2.45, 2.75) is 52.2 Å². The van der Waals surface area contributed by atoms with Gasteiger partial charge >= 0.3 is 0 Å². The molecule has 0 aliphatic rings. The smallest absolute Gasteiger partial charge is 0.244 e. The van der Waals surface area contributed by atoms with Crippen LogP contribution in [-0.2, 0) is 26.2 Å². The number of hydrogen-bond acceptors (Lipinski definition) is 5. The van der Waals surface area contributed by atoms with E-state index in [9.17, 15) is 18.0 Å². The van der Waals surface area contributed by atoms with E-state index in [-0.39, 0.29) is 29.2 Å². The Bertz CT molecular complexity index is 1110. The Labute approximate surface area is 213 Å². The molecule has 0 heterocycles. The number of carbonyl (C=O) groups is 2. The second kappa shape index (κ2) is 12.8. The third-order valence-electron chi connectivity index (χ3n) is 5.70. The Balaban J connectivity index is 2.44. The van der Waals surface area contributed by atoms with Crippen LogP contribution in [0.2, 0.25) is 5.02 Å². The maximum atomic E-state index is 13.6. The first kappa shape index (κ1) is 28.5. The molecule has 35 heavy (non-hydrogen) atoms. The van der Waals surface area contributed by atoms with Crippen LogP contribution in [0.1, 0.15) is 39.2 Å². The van der Waals surface area contributed by atoms with Crippen LogP contribution in [0.5, 0.6) is 5.75 Å². The number of carbonyl (C=O) groups excluding carboxylic acids is 2. The van der Waals surface area contributed by atoms with E-state index in [4.69, 9.17) is 16.3 Å². The van der Waals surface area contributed by atoms with Crippen molar-refractivity contribution in [2.75, 3.05) is 24.2 Å². The molecule has 0 aliphatic carbocycles. The molecular formula is C25H34ClN3O5S. The first-order valence-electron chi connectivity index (χ1n) is 11.5. The largest absolute Gasteiger partial charge is 0.497 e. The summed E-state index contributed by atoms with van der Waals surface area (Å²) in [4.78, 5) is 28.2. The summed E-state index contributed by atoms with van der Waals surface area (Å²) in [6.45, 7) is 5.29. The van der Waals surface area contributed by atoms with E-state index >= 15 is 0 Å². The fraction of sp³-hybridized carbons (Fsp3) is 0.440. The first-order chi connectivity index (χ1) is 16.5. The number of nitrogens with one attached hydrogen (secondary N) is 1. The minimum absolute atomic E-state index is 0.0647. The molecule has 2 unspecified atom stereocenters. The second-order valence-electron chi connectivity index (χ2n) is 8.33. The van der Waals surface area contributed by atoms with E-state index in [1.54, 1.807) is 49.6 Å². The van der Waals surface area contributed by atoms with Gasteiger partial charge in [0.2, 0.25) is 21.8 Å². The number of halogens is 1. The van der Waals surface area contributed by atoms with Gasteiger partial charge in [-0.25, -0.2) is 8.42 Å². The molecule has 2 amide bonds. The van der Waals surface area contributed by atoms with Crippen molar-refractivity contribution in [3.05, 3.63) is 59.1 Å². The van der Waals surface area contributed by atoms with Gasteiger partial charge in [-0.3, -0.25) is 13.9 Å². The standard InChI is InChI=1S/C25H34ClN3O5S/c1-6-18(3)27-25(31)22(7-2)28(16-19-12-14-20(34-4)15-13-19)24(30)17-29(35(5,32)33)23-11-9-8-10-21(23)26/h8-15,18,22H,6-7,16-17H2,1-5H3,(H,27,31). The van der Waals surface area contributed by atoms with Crippen molar-refractivity contribution in [3.63, 3.8) is 0 Å². The molecule has 0 spiro atoms. The molecule has 0 aromatic heterocycles. The molecule has 192 valence electrons. The number of ether oxygens (including phenoxy) is 1. The van der Waals surface area contributed by atoms with Gasteiger partial charge in [-0.1, -0.05) is 49.7 Å². The molecule has 1 N–H and O–H groups in total. The number of benzene rings is 2. The summed E-state index contributed by atoms with van der Waals surface area (Å²) in [5, 5.41) is 3.14. The van der Waals surface area contributed by atoms with Crippen LogP contribution in [0.15, 0.2) is 48.5 Å². The Hall–Kier alpha value is -2.78. The summed E-state index contributed by atoms with van der Waals surface area (Å²) in [6.07, 6.45) is 2.11. The zero-order valence-corrected chi connectivity index (χ0v) is 22.4. The second-order valence-corrected chi connectivity index (χ2v) is 10.6. The van der Waals surface area contributed by atoms with Crippen molar-refractivity contribution in [1.82, 2.24) is 10.2 Å². The highest BCUT2D eigenvalue weighted by Gasteiger charge is 2.32. The molecule has 0 fully saturated rings. The lowest BCUT2D eigenvalue weighted by molar-refractivity contribution is -0.140. The maximum absolute atomic E-state index is 13.6. The van der Waals surface area contributed by atoms with Crippen molar-refractivity contribution < 1.29 is 22.7 Å². The van der Waals surface area contributed by atoms with Crippen LogP contribution in [0.4, 0.5) is 5.69 Å². The number of methoxy groups -OCH3 is 1. The van der Waals surface area contributed by atoms with Gasteiger partial charge in [0.1, 0.15) is 18.3 Å². The van der Waals surface area contributed by atoms with E-state index in [1.165, 1.54) is 11.0 Å². The highest BCUT2D eigenvalue weighted by atomic mass is 35.5. The van der Waals surface area contributed by atoms with Crippen LogP contribution in [0.25, 0.3) is 0 Å². The van der Waals surface area contributed by atoms with Crippen LogP contribution < -0.4 is 14.4 Å². The van der Waals surface area contributed by atoms with Crippen molar-refractivity contribution >= 4 is 39.1 Å². The fourth-order valence-electron chi connectivity index (χ4n) is 3.54. The molecule has 0 saturated heterocycles. The van der Waals surface area contributed by atoms with E-state index in [0.29, 0.717) is 12.2 Å².